The molecule has 3 rings (SSSR count). The molecule has 0 bridgehead atoms. The minimum Gasteiger partial charge on any atom is -0.407 e. The van der Waals surface area contributed by atoms with Crippen LogP contribution in [-0.4, -0.2) is 31.6 Å². The third kappa shape index (κ3) is 4.09. The van der Waals surface area contributed by atoms with Gasteiger partial charge in [-0.15, -0.1) is 0 Å². The van der Waals surface area contributed by atoms with Crippen molar-refractivity contribution in [1.29, 1.82) is 0 Å². The molecule has 1 heterocycles. The summed E-state index contributed by atoms with van der Waals surface area (Å²) in [6.07, 6.45) is 1.76. The van der Waals surface area contributed by atoms with Crippen molar-refractivity contribution >= 4 is 18.7 Å². The van der Waals surface area contributed by atoms with Gasteiger partial charge in [0.05, 0.1) is 6.61 Å². The monoisotopic (exact) mass is 391 g/mol. The standard InChI is InChI=1S/C24H29NO2Si/c1-24(2,3)28(21-12-6-4-7-13-21,22-14-8-5-9-15-22)27-19-20(18-26)23-16-10-11-17-25-23/h4-17,20,26H,18-19H2,1-3H3/t20-/m0/s1. The Morgan fingerprint density at radius 2 is 1.39 bits per heavy atom. The van der Waals surface area contributed by atoms with Gasteiger partial charge in [-0.1, -0.05) is 87.5 Å². The molecular formula is C24H29NO2Si. The van der Waals surface area contributed by atoms with Gasteiger partial charge in [0.2, 0.25) is 0 Å². The van der Waals surface area contributed by atoms with E-state index in [2.05, 4.69) is 74.3 Å². The molecule has 0 spiro atoms. The predicted molar refractivity (Wildman–Crippen MR) is 118 cm³/mol. The molecule has 0 unspecified atom stereocenters. The lowest BCUT2D eigenvalue weighted by atomic mass is 10.1. The molecule has 1 aromatic heterocycles. The van der Waals surface area contributed by atoms with E-state index in [1.807, 2.05) is 30.3 Å². The summed E-state index contributed by atoms with van der Waals surface area (Å²) in [5, 5.41) is 12.4. The third-order valence-corrected chi connectivity index (χ3v) is 10.2. The van der Waals surface area contributed by atoms with E-state index in [9.17, 15) is 5.11 Å². The molecule has 3 aromatic rings. The maximum atomic E-state index is 10.0. The van der Waals surface area contributed by atoms with E-state index in [4.69, 9.17) is 4.43 Å². The SMILES string of the molecule is CC(C)(C)[Si](OC[C@H](CO)c1ccccn1)(c1ccccc1)c1ccccc1. The fourth-order valence-corrected chi connectivity index (χ4v) is 8.44. The van der Waals surface area contributed by atoms with Crippen molar-refractivity contribution in [3.05, 3.63) is 90.8 Å². The number of aliphatic hydroxyl groups excluding tert-OH is 1. The number of hydrogen-bond donors (Lipinski definition) is 1. The molecule has 1 N–H and O–H groups in total. The number of hydrogen-bond acceptors (Lipinski definition) is 3. The van der Waals surface area contributed by atoms with Gasteiger partial charge in [0.15, 0.2) is 0 Å². The second-order valence-corrected chi connectivity index (χ2v) is 12.4. The summed E-state index contributed by atoms with van der Waals surface area (Å²) in [4.78, 5) is 4.43. The summed E-state index contributed by atoms with van der Waals surface area (Å²) in [5.41, 5.74) is 0.864. The van der Waals surface area contributed by atoms with Gasteiger partial charge in [0.1, 0.15) is 0 Å². The zero-order chi connectivity index (χ0) is 20.0. The van der Waals surface area contributed by atoms with Gasteiger partial charge < -0.3 is 9.53 Å². The molecule has 2 aromatic carbocycles. The highest BCUT2D eigenvalue weighted by molar-refractivity contribution is 6.99. The second-order valence-electron chi connectivity index (χ2n) is 8.11. The molecular weight excluding hydrogens is 362 g/mol. The van der Waals surface area contributed by atoms with Crippen LogP contribution < -0.4 is 10.4 Å². The molecule has 0 radical (unpaired) electrons. The maximum absolute atomic E-state index is 10.0. The molecule has 1 atom stereocenters. The van der Waals surface area contributed by atoms with Gasteiger partial charge in [0.25, 0.3) is 8.32 Å². The molecule has 0 saturated carbocycles. The van der Waals surface area contributed by atoms with Crippen LogP contribution in [-0.2, 0) is 4.43 Å². The highest BCUT2D eigenvalue weighted by Crippen LogP contribution is 2.37. The Bertz CT molecular complexity index is 809. The molecule has 28 heavy (non-hydrogen) atoms. The molecule has 0 aliphatic heterocycles. The van der Waals surface area contributed by atoms with Crippen molar-refractivity contribution in [1.82, 2.24) is 4.98 Å². The van der Waals surface area contributed by atoms with Gasteiger partial charge in [0, 0.05) is 24.4 Å². The van der Waals surface area contributed by atoms with Gasteiger partial charge in [-0.2, -0.15) is 0 Å². The number of benzene rings is 2. The number of nitrogens with zero attached hydrogens (tertiary/aromatic N) is 1. The van der Waals surface area contributed by atoms with Gasteiger partial charge in [-0.05, 0) is 27.5 Å². The molecule has 4 heteroatoms. The van der Waals surface area contributed by atoms with Crippen LogP contribution in [0.15, 0.2) is 85.1 Å². The first-order chi connectivity index (χ1) is 13.5. The van der Waals surface area contributed by atoms with Crippen molar-refractivity contribution in [2.75, 3.05) is 13.2 Å². The van der Waals surface area contributed by atoms with E-state index in [0.717, 1.165) is 5.69 Å². The van der Waals surface area contributed by atoms with Crippen LogP contribution in [0.1, 0.15) is 32.4 Å². The number of aromatic nitrogens is 1. The number of pyridine rings is 1. The fourth-order valence-electron chi connectivity index (χ4n) is 3.84. The van der Waals surface area contributed by atoms with Crippen molar-refractivity contribution < 1.29 is 9.53 Å². The average Bonchev–Trinajstić information content (AvgIpc) is 2.72. The van der Waals surface area contributed by atoms with Crippen LogP contribution in [0.5, 0.6) is 0 Å². The zero-order valence-corrected chi connectivity index (χ0v) is 17.9. The quantitative estimate of drug-likeness (QED) is 0.624. The maximum Gasteiger partial charge on any atom is 0.261 e. The van der Waals surface area contributed by atoms with E-state index in [0.29, 0.717) is 6.61 Å². The Labute approximate surface area is 169 Å². The van der Waals surface area contributed by atoms with E-state index >= 15 is 0 Å². The first-order valence-electron chi connectivity index (χ1n) is 9.76. The predicted octanol–water partition coefficient (Wildman–Crippen LogP) is 3.73. The minimum atomic E-state index is -2.60. The third-order valence-electron chi connectivity index (χ3n) is 5.24. The van der Waals surface area contributed by atoms with Gasteiger partial charge in [-0.3, -0.25) is 4.98 Å². The van der Waals surface area contributed by atoms with Gasteiger partial charge >= 0.3 is 0 Å². The highest BCUT2D eigenvalue weighted by Gasteiger charge is 2.50. The van der Waals surface area contributed by atoms with E-state index in [1.54, 1.807) is 6.20 Å². The lowest BCUT2D eigenvalue weighted by molar-refractivity contribution is 0.196. The largest absolute Gasteiger partial charge is 0.407 e. The van der Waals surface area contributed by atoms with Crippen molar-refractivity contribution in [3.8, 4) is 0 Å². The van der Waals surface area contributed by atoms with Crippen molar-refractivity contribution in [2.45, 2.75) is 31.7 Å². The van der Waals surface area contributed by atoms with E-state index in [1.165, 1.54) is 10.4 Å². The first-order valence-corrected chi connectivity index (χ1v) is 11.7. The topological polar surface area (TPSA) is 42.4 Å². The summed E-state index contributed by atoms with van der Waals surface area (Å²) >= 11 is 0. The number of aliphatic hydroxyl groups is 1. The first kappa shape index (κ1) is 20.5. The van der Waals surface area contributed by atoms with Crippen LogP contribution in [0.3, 0.4) is 0 Å². The van der Waals surface area contributed by atoms with Crippen LogP contribution >= 0.6 is 0 Å². The lowest BCUT2D eigenvalue weighted by Gasteiger charge is -2.43. The van der Waals surface area contributed by atoms with E-state index in [-0.39, 0.29) is 17.6 Å². The average molecular weight is 392 g/mol. The lowest BCUT2D eigenvalue weighted by Crippen LogP contribution is -2.66. The van der Waals surface area contributed by atoms with E-state index < -0.39 is 8.32 Å². The Morgan fingerprint density at radius 3 is 1.82 bits per heavy atom. The summed E-state index contributed by atoms with van der Waals surface area (Å²) in [6.45, 7) is 7.21. The normalized spacial score (nSPS) is 13.3. The molecule has 0 aliphatic carbocycles. The highest BCUT2D eigenvalue weighted by atomic mass is 28.4. The Morgan fingerprint density at radius 1 is 0.857 bits per heavy atom. The smallest absolute Gasteiger partial charge is 0.261 e. The minimum absolute atomic E-state index is 0.00914. The second kappa shape index (κ2) is 8.82. The summed E-state index contributed by atoms with van der Waals surface area (Å²) in [5.74, 6) is -0.150. The summed E-state index contributed by atoms with van der Waals surface area (Å²) < 4.78 is 6.91. The van der Waals surface area contributed by atoms with Crippen LogP contribution in [0.4, 0.5) is 0 Å². The zero-order valence-electron chi connectivity index (χ0n) is 16.9. The Kier molecular flexibility index (Phi) is 6.45. The van der Waals surface area contributed by atoms with Crippen molar-refractivity contribution in [2.24, 2.45) is 0 Å². The molecule has 0 saturated heterocycles. The van der Waals surface area contributed by atoms with Crippen LogP contribution in [0.2, 0.25) is 5.04 Å². The van der Waals surface area contributed by atoms with Crippen molar-refractivity contribution in [3.63, 3.8) is 0 Å². The molecule has 0 amide bonds. The number of rotatable bonds is 7. The molecule has 3 nitrogen and oxygen atoms in total. The summed E-state index contributed by atoms with van der Waals surface area (Å²) in [6, 6.07) is 26.9. The molecule has 0 aliphatic rings. The van der Waals surface area contributed by atoms with Gasteiger partial charge in [-0.25, -0.2) is 0 Å². The fraction of sp³-hybridized carbons (Fsp3) is 0.292. The Hall–Kier alpha value is -2.27. The molecule has 0 fully saturated rings. The summed E-state index contributed by atoms with van der Waals surface area (Å²) in [7, 11) is -2.60. The van der Waals surface area contributed by atoms with Crippen LogP contribution in [0.25, 0.3) is 0 Å². The Balaban J connectivity index is 2.06. The molecule has 146 valence electrons. The van der Waals surface area contributed by atoms with Crippen LogP contribution in [0, 0.1) is 0 Å².